The van der Waals surface area contributed by atoms with Crippen LogP contribution in [-0.4, -0.2) is 54.6 Å². The van der Waals surface area contributed by atoms with Crippen LogP contribution in [0.1, 0.15) is 25.7 Å². The number of ether oxygens (including phenoxy) is 1. The van der Waals surface area contributed by atoms with Crippen LogP contribution in [-0.2, 0) is 4.74 Å². The number of aliphatic hydroxyl groups excluding tert-OH is 1. The molecule has 1 saturated carbocycles. The highest BCUT2D eigenvalue weighted by atomic mass is 19.1. The van der Waals surface area contributed by atoms with Gasteiger partial charge in [0.2, 0.25) is 0 Å². The van der Waals surface area contributed by atoms with Crippen LogP contribution in [0.2, 0.25) is 0 Å². The molecule has 2 fully saturated rings. The molecule has 1 N–H and O–H groups in total. The number of halogens is 1. The zero-order chi connectivity index (χ0) is 10.8. The second-order valence-electron chi connectivity index (χ2n) is 4.71. The van der Waals surface area contributed by atoms with Crippen molar-refractivity contribution in [1.82, 2.24) is 4.90 Å². The third-order valence-corrected chi connectivity index (χ3v) is 3.71. The summed E-state index contributed by atoms with van der Waals surface area (Å²) < 4.78 is 18.9. The van der Waals surface area contributed by atoms with Gasteiger partial charge in [0.25, 0.3) is 0 Å². The fourth-order valence-electron chi connectivity index (χ4n) is 2.69. The van der Waals surface area contributed by atoms with E-state index in [0.29, 0.717) is 19.6 Å². The molecule has 2 aliphatic rings. The maximum absolute atomic E-state index is 13.7. The highest BCUT2D eigenvalue weighted by molar-refractivity contribution is 4.90. The first kappa shape index (κ1) is 11.3. The molecule has 88 valence electrons. The Morgan fingerprint density at radius 2 is 1.93 bits per heavy atom. The topological polar surface area (TPSA) is 32.7 Å². The molecule has 0 amide bonds. The number of hydrogen-bond acceptors (Lipinski definition) is 3. The smallest absolute Gasteiger partial charge is 0.116 e. The molecule has 1 saturated heterocycles. The van der Waals surface area contributed by atoms with Gasteiger partial charge in [0, 0.05) is 6.04 Å². The third kappa shape index (κ3) is 2.32. The minimum atomic E-state index is -0.739. The summed E-state index contributed by atoms with van der Waals surface area (Å²) >= 11 is 0. The van der Waals surface area contributed by atoms with E-state index in [1.165, 1.54) is 0 Å². The number of rotatable bonds is 2. The van der Waals surface area contributed by atoms with Gasteiger partial charge in [0.05, 0.1) is 25.4 Å². The summed E-state index contributed by atoms with van der Waals surface area (Å²) in [5, 5.41) is 9.69. The second-order valence-corrected chi connectivity index (χ2v) is 4.71. The Bertz CT molecular complexity index is 215. The van der Waals surface area contributed by atoms with Crippen molar-refractivity contribution in [3.63, 3.8) is 0 Å². The molecule has 1 heterocycles. The lowest BCUT2D eigenvalue weighted by molar-refractivity contribution is 0.0248. The zero-order valence-electron chi connectivity index (χ0n) is 9.23. The summed E-state index contributed by atoms with van der Waals surface area (Å²) in [7, 11) is 1.91. The highest BCUT2D eigenvalue weighted by Gasteiger charge is 2.37. The lowest BCUT2D eigenvalue weighted by Crippen LogP contribution is -2.50. The van der Waals surface area contributed by atoms with Gasteiger partial charge in [-0.1, -0.05) is 12.8 Å². The van der Waals surface area contributed by atoms with Gasteiger partial charge in [-0.25, -0.2) is 4.39 Å². The van der Waals surface area contributed by atoms with E-state index in [1.807, 2.05) is 11.9 Å². The fraction of sp³-hybridized carbons (Fsp3) is 1.00. The Labute approximate surface area is 90.2 Å². The van der Waals surface area contributed by atoms with E-state index in [4.69, 9.17) is 4.74 Å². The Hall–Kier alpha value is -0.190. The molecule has 0 radical (unpaired) electrons. The van der Waals surface area contributed by atoms with Gasteiger partial charge in [0.1, 0.15) is 6.17 Å². The van der Waals surface area contributed by atoms with Crippen molar-refractivity contribution in [3.05, 3.63) is 0 Å². The van der Waals surface area contributed by atoms with E-state index in [2.05, 4.69) is 0 Å². The molecule has 0 bridgehead atoms. The Kier molecular flexibility index (Phi) is 3.59. The molecule has 4 heteroatoms. The van der Waals surface area contributed by atoms with Crippen molar-refractivity contribution in [2.24, 2.45) is 0 Å². The molecule has 4 atom stereocenters. The van der Waals surface area contributed by atoms with Gasteiger partial charge in [-0.05, 0) is 19.9 Å². The fourth-order valence-corrected chi connectivity index (χ4v) is 2.69. The van der Waals surface area contributed by atoms with E-state index >= 15 is 0 Å². The first-order valence-corrected chi connectivity index (χ1v) is 5.82. The van der Waals surface area contributed by atoms with E-state index < -0.39 is 12.3 Å². The predicted molar refractivity (Wildman–Crippen MR) is 55.5 cm³/mol. The minimum Gasteiger partial charge on any atom is -0.389 e. The number of hydrogen-bond donors (Lipinski definition) is 1. The van der Waals surface area contributed by atoms with Crippen LogP contribution in [0, 0.1) is 0 Å². The molecule has 2 rings (SSSR count). The molecular weight excluding hydrogens is 197 g/mol. The normalized spacial score (nSPS) is 42.4. The van der Waals surface area contributed by atoms with Crippen molar-refractivity contribution in [1.29, 1.82) is 0 Å². The van der Waals surface area contributed by atoms with Gasteiger partial charge in [-0.15, -0.1) is 0 Å². The average Bonchev–Trinajstić information content (AvgIpc) is 2.64. The maximum atomic E-state index is 13.7. The van der Waals surface area contributed by atoms with Crippen LogP contribution in [0.15, 0.2) is 0 Å². The third-order valence-electron chi connectivity index (χ3n) is 3.71. The van der Waals surface area contributed by atoms with Crippen molar-refractivity contribution in [3.8, 4) is 0 Å². The van der Waals surface area contributed by atoms with Crippen LogP contribution >= 0.6 is 0 Å². The van der Waals surface area contributed by atoms with Crippen LogP contribution in [0.5, 0.6) is 0 Å². The average molecular weight is 217 g/mol. The largest absolute Gasteiger partial charge is 0.389 e. The molecule has 0 spiro atoms. The van der Waals surface area contributed by atoms with Crippen molar-refractivity contribution in [2.45, 2.75) is 50.0 Å². The molecule has 0 aromatic carbocycles. The van der Waals surface area contributed by atoms with Crippen LogP contribution < -0.4 is 0 Å². The SMILES string of the molecule is CN(C1COC[C@H]1O)[C@@H]1CCCC[C@H]1F. The maximum Gasteiger partial charge on any atom is 0.116 e. The predicted octanol–water partition coefficient (Wildman–Crippen LogP) is 0.959. The molecule has 1 aliphatic heterocycles. The first-order chi connectivity index (χ1) is 7.20. The van der Waals surface area contributed by atoms with Crippen LogP contribution in [0.4, 0.5) is 4.39 Å². The van der Waals surface area contributed by atoms with Crippen molar-refractivity contribution >= 4 is 0 Å². The Morgan fingerprint density at radius 1 is 1.20 bits per heavy atom. The quantitative estimate of drug-likeness (QED) is 0.747. The lowest BCUT2D eigenvalue weighted by Gasteiger charge is -2.37. The Balaban J connectivity index is 1.96. The zero-order valence-corrected chi connectivity index (χ0v) is 9.23. The van der Waals surface area contributed by atoms with Gasteiger partial charge in [-0.2, -0.15) is 0 Å². The van der Waals surface area contributed by atoms with E-state index in [0.717, 1.165) is 19.3 Å². The minimum absolute atomic E-state index is 0.0219. The van der Waals surface area contributed by atoms with E-state index in [-0.39, 0.29) is 12.1 Å². The lowest BCUT2D eigenvalue weighted by atomic mass is 9.91. The number of alkyl halides is 1. The number of likely N-dealkylation sites (N-methyl/N-ethyl adjacent to an activating group) is 1. The van der Waals surface area contributed by atoms with Crippen molar-refractivity contribution < 1.29 is 14.2 Å². The van der Waals surface area contributed by atoms with Crippen molar-refractivity contribution in [2.75, 3.05) is 20.3 Å². The summed E-state index contributed by atoms with van der Waals surface area (Å²) in [6.07, 6.45) is 2.47. The van der Waals surface area contributed by atoms with E-state index in [1.54, 1.807) is 0 Å². The second kappa shape index (κ2) is 4.76. The molecule has 15 heavy (non-hydrogen) atoms. The highest BCUT2D eigenvalue weighted by Crippen LogP contribution is 2.27. The number of aliphatic hydroxyl groups is 1. The van der Waals surface area contributed by atoms with E-state index in [9.17, 15) is 9.50 Å². The summed E-state index contributed by atoms with van der Waals surface area (Å²) in [5.74, 6) is 0. The van der Waals surface area contributed by atoms with Gasteiger partial charge >= 0.3 is 0 Å². The molecule has 1 aliphatic carbocycles. The monoisotopic (exact) mass is 217 g/mol. The first-order valence-electron chi connectivity index (χ1n) is 5.82. The number of nitrogens with zero attached hydrogens (tertiary/aromatic N) is 1. The molecule has 0 aromatic heterocycles. The molecule has 1 unspecified atom stereocenters. The summed E-state index contributed by atoms with van der Waals surface area (Å²) in [6, 6.07) is -0.0496. The molecule has 0 aromatic rings. The van der Waals surface area contributed by atoms with Crippen LogP contribution in [0.25, 0.3) is 0 Å². The van der Waals surface area contributed by atoms with Crippen LogP contribution in [0.3, 0.4) is 0 Å². The van der Waals surface area contributed by atoms with Gasteiger partial charge < -0.3 is 9.84 Å². The molecular formula is C11H20FNO2. The van der Waals surface area contributed by atoms with Gasteiger partial charge in [0.15, 0.2) is 0 Å². The summed E-state index contributed by atoms with van der Waals surface area (Å²) in [4.78, 5) is 1.99. The summed E-state index contributed by atoms with van der Waals surface area (Å²) in [6.45, 7) is 0.916. The standard InChI is InChI=1S/C11H20FNO2/c1-13(10-6-15-7-11(10)14)9-5-3-2-4-8(9)12/h8-11,14H,2-7H2,1H3/t8-,9-,10?,11-/m1/s1. The molecule has 3 nitrogen and oxygen atoms in total. The Morgan fingerprint density at radius 3 is 2.53 bits per heavy atom. The summed E-state index contributed by atoms with van der Waals surface area (Å²) in [5.41, 5.74) is 0. The van der Waals surface area contributed by atoms with Gasteiger partial charge in [-0.3, -0.25) is 4.90 Å².